The van der Waals surface area contributed by atoms with Gasteiger partial charge in [-0.1, -0.05) is 18.2 Å². The largest absolute Gasteiger partial charge is 0.479 e. The molecule has 0 atom stereocenters. The predicted molar refractivity (Wildman–Crippen MR) is 83.0 cm³/mol. The fourth-order valence-electron chi connectivity index (χ4n) is 2.12. The fraction of sp³-hybridized carbons (Fsp3) is 0.0714. The van der Waals surface area contributed by atoms with Gasteiger partial charge >= 0.3 is 0 Å². The van der Waals surface area contributed by atoms with Gasteiger partial charge in [0.15, 0.2) is 0 Å². The van der Waals surface area contributed by atoms with E-state index >= 15 is 0 Å². The Labute approximate surface area is 130 Å². The molecule has 0 fully saturated rings. The molecule has 7 heteroatoms. The van der Waals surface area contributed by atoms with Gasteiger partial charge in [0.25, 0.3) is 10.0 Å². The number of fused-ring (bicyclic) bond motifs is 1. The minimum atomic E-state index is -3.70. The van der Waals surface area contributed by atoms with E-state index in [-0.39, 0.29) is 10.8 Å². The first kappa shape index (κ1) is 14.1. The van der Waals surface area contributed by atoms with Gasteiger partial charge < -0.3 is 4.74 Å². The Morgan fingerprint density at radius 1 is 1.19 bits per heavy atom. The molecule has 2 aromatic heterocycles. The Morgan fingerprint density at radius 3 is 2.57 bits per heavy atom. The third-order valence-corrected chi connectivity index (χ3v) is 5.42. The zero-order valence-electron chi connectivity index (χ0n) is 11.0. The highest BCUT2D eigenvalue weighted by atomic mass is 79.9. The summed E-state index contributed by atoms with van der Waals surface area (Å²) in [6, 6.07) is 9.96. The third kappa shape index (κ3) is 2.22. The van der Waals surface area contributed by atoms with Crippen LogP contribution in [0.2, 0.25) is 0 Å². The van der Waals surface area contributed by atoms with E-state index in [4.69, 9.17) is 4.74 Å². The SMILES string of the molecule is COc1ncc(Br)c2ccn(S(=O)(=O)c3ccccc3)c12. The molecular formula is C14H11BrN2O3S. The Bertz CT molecular complexity index is 905. The van der Waals surface area contributed by atoms with E-state index in [9.17, 15) is 8.42 Å². The van der Waals surface area contributed by atoms with Crippen molar-refractivity contribution in [2.45, 2.75) is 4.90 Å². The lowest BCUT2D eigenvalue weighted by molar-refractivity contribution is 0.402. The Kier molecular flexibility index (Phi) is 3.46. The lowest BCUT2D eigenvalue weighted by Gasteiger charge is -2.10. The van der Waals surface area contributed by atoms with Crippen molar-refractivity contribution >= 4 is 36.9 Å². The molecular weight excluding hydrogens is 356 g/mol. The summed E-state index contributed by atoms with van der Waals surface area (Å²) in [5, 5.41) is 0.723. The molecule has 3 rings (SSSR count). The number of nitrogens with zero attached hydrogens (tertiary/aromatic N) is 2. The van der Waals surface area contributed by atoms with Gasteiger partial charge in [0.2, 0.25) is 5.88 Å². The molecule has 3 aromatic rings. The van der Waals surface area contributed by atoms with Crippen molar-refractivity contribution in [3.63, 3.8) is 0 Å². The maximum Gasteiger partial charge on any atom is 0.268 e. The predicted octanol–water partition coefficient (Wildman–Crippen LogP) is 3.04. The van der Waals surface area contributed by atoms with E-state index in [0.29, 0.717) is 9.99 Å². The van der Waals surface area contributed by atoms with Crippen molar-refractivity contribution in [3.05, 3.63) is 53.3 Å². The number of rotatable bonds is 3. The molecule has 108 valence electrons. The molecule has 0 N–H and O–H groups in total. The van der Waals surface area contributed by atoms with Gasteiger partial charge in [-0.15, -0.1) is 0 Å². The van der Waals surface area contributed by atoms with Gasteiger partial charge in [-0.25, -0.2) is 17.4 Å². The summed E-state index contributed by atoms with van der Waals surface area (Å²) in [4.78, 5) is 4.32. The normalized spacial score (nSPS) is 11.7. The Balaban J connectivity index is 2.34. The molecule has 5 nitrogen and oxygen atoms in total. The molecule has 0 aliphatic heterocycles. The molecule has 0 bridgehead atoms. The fourth-order valence-corrected chi connectivity index (χ4v) is 3.91. The first-order valence-electron chi connectivity index (χ1n) is 6.06. The lowest BCUT2D eigenvalue weighted by atomic mass is 10.3. The minimum absolute atomic E-state index is 0.213. The standard InChI is InChI=1S/C14H11BrN2O3S/c1-20-14-13-11(12(15)9-16-14)7-8-17(13)21(18,19)10-5-3-2-4-6-10/h2-9H,1H3. The van der Waals surface area contributed by atoms with Crippen LogP contribution in [0.1, 0.15) is 0 Å². The van der Waals surface area contributed by atoms with Crippen LogP contribution in [-0.4, -0.2) is 24.5 Å². The minimum Gasteiger partial charge on any atom is -0.479 e. The summed E-state index contributed by atoms with van der Waals surface area (Å²) < 4.78 is 32.6. The molecule has 21 heavy (non-hydrogen) atoms. The van der Waals surface area contributed by atoms with Crippen LogP contribution in [0.5, 0.6) is 5.88 Å². The van der Waals surface area contributed by atoms with E-state index in [0.717, 1.165) is 5.39 Å². The van der Waals surface area contributed by atoms with Crippen LogP contribution in [-0.2, 0) is 10.0 Å². The second-order valence-electron chi connectivity index (χ2n) is 4.31. The number of halogens is 1. The highest BCUT2D eigenvalue weighted by Gasteiger charge is 2.22. The summed E-state index contributed by atoms with van der Waals surface area (Å²) >= 11 is 3.37. The lowest BCUT2D eigenvalue weighted by Crippen LogP contribution is -2.12. The Hall–Kier alpha value is -1.86. The van der Waals surface area contributed by atoms with Crippen molar-refractivity contribution in [3.8, 4) is 5.88 Å². The van der Waals surface area contributed by atoms with Gasteiger partial charge in [0.1, 0.15) is 5.52 Å². The van der Waals surface area contributed by atoms with Crippen LogP contribution in [0.15, 0.2) is 58.2 Å². The van der Waals surface area contributed by atoms with Crippen molar-refractivity contribution in [1.29, 1.82) is 0 Å². The van der Waals surface area contributed by atoms with Crippen molar-refractivity contribution < 1.29 is 13.2 Å². The first-order chi connectivity index (χ1) is 10.1. The molecule has 0 aliphatic carbocycles. The molecule has 0 saturated heterocycles. The number of aromatic nitrogens is 2. The topological polar surface area (TPSA) is 61.2 Å². The summed E-state index contributed by atoms with van der Waals surface area (Å²) in [7, 11) is -2.24. The smallest absolute Gasteiger partial charge is 0.268 e. The molecule has 0 radical (unpaired) electrons. The quantitative estimate of drug-likeness (QED) is 0.714. The van der Waals surface area contributed by atoms with Gasteiger partial charge in [-0.2, -0.15) is 0 Å². The molecule has 0 spiro atoms. The van der Waals surface area contributed by atoms with E-state index in [1.54, 1.807) is 42.6 Å². The van der Waals surface area contributed by atoms with Crippen LogP contribution in [0.4, 0.5) is 0 Å². The monoisotopic (exact) mass is 366 g/mol. The van der Waals surface area contributed by atoms with E-state index in [1.165, 1.54) is 17.3 Å². The summed E-state index contributed by atoms with van der Waals surface area (Å²) in [6.07, 6.45) is 3.09. The number of hydrogen-bond acceptors (Lipinski definition) is 4. The molecule has 0 amide bonds. The van der Waals surface area contributed by atoms with Gasteiger partial charge in [0.05, 0.1) is 12.0 Å². The highest BCUT2D eigenvalue weighted by molar-refractivity contribution is 9.10. The van der Waals surface area contributed by atoms with Gasteiger partial charge in [0, 0.05) is 22.3 Å². The maximum atomic E-state index is 12.8. The summed E-state index contributed by atoms with van der Waals surface area (Å²) in [5.41, 5.74) is 0.413. The van der Waals surface area contributed by atoms with Crippen LogP contribution < -0.4 is 4.74 Å². The number of methoxy groups -OCH3 is 1. The second kappa shape index (κ2) is 5.16. The number of hydrogen-bond donors (Lipinski definition) is 0. The van der Waals surface area contributed by atoms with Crippen LogP contribution in [0, 0.1) is 0 Å². The third-order valence-electron chi connectivity index (χ3n) is 3.10. The molecule has 0 saturated carbocycles. The van der Waals surface area contributed by atoms with Crippen LogP contribution in [0.3, 0.4) is 0 Å². The second-order valence-corrected chi connectivity index (χ2v) is 6.98. The van der Waals surface area contributed by atoms with Crippen molar-refractivity contribution in [2.24, 2.45) is 0 Å². The molecule has 2 heterocycles. The molecule has 1 aromatic carbocycles. The number of ether oxygens (including phenoxy) is 1. The Morgan fingerprint density at radius 2 is 1.90 bits per heavy atom. The maximum absolute atomic E-state index is 12.8. The molecule has 0 unspecified atom stereocenters. The van der Waals surface area contributed by atoms with Gasteiger partial charge in [-0.3, -0.25) is 0 Å². The van der Waals surface area contributed by atoms with Crippen molar-refractivity contribution in [2.75, 3.05) is 7.11 Å². The number of pyridine rings is 1. The van der Waals surface area contributed by atoms with Crippen molar-refractivity contribution in [1.82, 2.24) is 8.96 Å². The van der Waals surface area contributed by atoms with E-state index < -0.39 is 10.0 Å². The van der Waals surface area contributed by atoms with E-state index in [2.05, 4.69) is 20.9 Å². The van der Waals surface area contributed by atoms with Crippen LogP contribution >= 0.6 is 15.9 Å². The first-order valence-corrected chi connectivity index (χ1v) is 8.29. The average molecular weight is 367 g/mol. The summed E-state index contributed by atoms with van der Waals surface area (Å²) in [6.45, 7) is 0. The van der Waals surface area contributed by atoms with Crippen LogP contribution in [0.25, 0.3) is 10.9 Å². The summed E-state index contributed by atoms with van der Waals surface area (Å²) in [5.74, 6) is 0.262. The average Bonchev–Trinajstić information content (AvgIpc) is 2.95. The van der Waals surface area contributed by atoms with E-state index in [1.807, 2.05) is 0 Å². The zero-order chi connectivity index (χ0) is 15.0. The number of benzene rings is 1. The zero-order valence-corrected chi connectivity index (χ0v) is 13.4. The van der Waals surface area contributed by atoms with Gasteiger partial charge in [-0.05, 0) is 34.1 Å². The highest BCUT2D eigenvalue weighted by Crippen LogP contribution is 2.32. The molecule has 0 aliphatic rings.